The largest absolute Gasteiger partial charge is 0.468 e. The SMILES string of the molecule is COC(=O)CSCC(=O)c1ccc(SC)cc1. The number of hydrogen-bond acceptors (Lipinski definition) is 5. The molecule has 1 aromatic carbocycles. The molecule has 0 saturated carbocycles. The minimum Gasteiger partial charge on any atom is -0.468 e. The predicted octanol–water partition coefficient (Wildman–Crippen LogP) is 2.50. The van der Waals surface area contributed by atoms with Crippen LogP contribution in [-0.4, -0.2) is 36.6 Å². The van der Waals surface area contributed by atoms with Crippen molar-refractivity contribution in [2.75, 3.05) is 24.9 Å². The van der Waals surface area contributed by atoms with Gasteiger partial charge in [-0.3, -0.25) is 9.59 Å². The van der Waals surface area contributed by atoms with Gasteiger partial charge in [-0.05, 0) is 18.4 Å². The molecule has 0 atom stereocenters. The van der Waals surface area contributed by atoms with Gasteiger partial charge >= 0.3 is 5.97 Å². The van der Waals surface area contributed by atoms with Crippen molar-refractivity contribution in [3.63, 3.8) is 0 Å². The van der Waals surface area contributed by atoms with Crippen LogP contribution in [0.4, 0.5) is 0 Å². The van der Waals surface area contributed by atoms with Crippen LogP contribution < -0.4 is 0 Å². The zero-order valence-corrected chi connectivity index (χ0v) is 11.4. The van der Waals surface area contributed by atoms with Crippen molar-refractivity contribution in [1.29, 1.82) is 0 Å². The molecule has 92 valence electrons. The van der Waals surface area contributed by atoms with E-state index in [4.69, 9.17) is 0 Å². The first kappa shape index (κ1) is 14.1. The van der Waals surface area contributed by atoms with Crippen LogP contribution in [0.2, 0.25) is 0 Å². The summed E-state index contributed by atoms with van der Waals surface area (Å²) in [6.07, 6.45) is 1.99. The molecule has 1 aromatic rings. The molecule has 17 heavy (non-hydrogen) atoms. The number of thioether (sulfide) groups is 2. The van der Waals surface area contributed by atoms with Crippen molar-refractivity contribution in [2.24, 2.45) is 0 Å². The number of ether oxygens (including phenoxy) is 1. The van der Waals surface area contributed by atoms with E-state index in [2.05, 4.69) is 4.74 Å². The molecule has 0 aliphatic rings. The summed E-state index contributed by atoms with van der Waals surface area (Å²) < 4.78 is 4.49. The van der Waals surface area contributed by atoms with E-state index in [1.54, 1.807) is 11.8 Å². The van der Waals surface area contributed by atoms with Gasteiger partial charge in [-0.15, -0.1) is 23.5 Å². The molecule has 0 aromatic heterocycles. The summed E-state index contributed by atoms with van der Waals surface area (Å²) in [6.45, 7) is 0. The molecule has 0 spiro atoms. The molecular weight excluding hydrogens is 256 g/mol. The maximum atomic E-state index is 11.7. The highest BCUT2D eigenvalue weighted by atomic mass is 32.2. The number of methoxy groups -OCH3 is 1. The van der Waals surface area contributed by atoms with Crippen molar-refractivity contribution in [3.05, 3.63) is 29.8 Å². The summed E-state index contributed by atoms with van der Waals surface area (Å²) in [5.41, 5.74) is 0.681. The number of carbonyl (C=O) groups excluding carboxylic acids is 2. The first-order valence-corrected chi connectivity index (χ1v) is 7.37. The first-order chi connectivity index (χ1) is 8.17. The molecule has 5 heteroatoms. The quantitative estimate of drug-likeness (QED) is 0.451. The van der Waals surface area contributed by atoms with Crippen LogP contribution in [0.15, 0.2) is 29.2 Å². The van der Waals surface area contributed by atoms with Crippen LogP contribution in [0.25, 0.3) is 0 Å². The van der Waals surface area contributed by atoms with E-state index >= 15 is 0 Å². The second kappa shape index (κ2) is 7.40. The molecular formula is C12H14O3S2. The summed E-state index contributed by atoms with van der Waals surface area (Å²) in [6, 6.07) is 7.46. The maximum absolute atomic E-state index is 11.7. The summed E-state index contributed by atoms with van der Waals surface area (Å²) in [7, 11) is 1.34. The fraction of sp³-hybridized carbons (Fsp3) is 0.333. The Labute approximate surface area is 109 Å². The Bertz CT molecular complexity index is 387. The third-order valence-electron chi connectivity index (χ3n) is 2.09. The minimum atomic E-state index is -0.305. The fourth-order valence-corrected chi connectivity index (χ4v) is 2.29. The lowest BCUT2D eigenvalue weighted by Crippen LogP contribution is -2.08. The van der Waals surface area contributed by atoms with Crippen LogP contribution in [-0.2, 0) is 9.53 Å². The van der Waals surface area contributed by atoms with Gasteiger partial charge in [-0.2, -0.15) is 0 Å². The molecule has 0 saturated heterocycles. The van der Waals surface area contributed by atoms with Crippen LogP contribution in [0.3, 0.4) is 0 Å². The van der Waals surface area contributed by atoms with Gasteiger partial charge in [0.2, 0.25) is 0 Å². The highest BCUT2D eigenvalue weighted by Crippen LogP contribution is 2.16. The zero-order chi connectivity index (χ0) is 12.7. The van der Waals surface area contributed by atoms with E-state index in [0.29, 0.717) is 11.3 Å². The fourth-order valence-electron chi connectivity index (χ4n) is 1.15. The third kappa shape index (κ3) is 4.83. The van der Waals surface area contributed by atoms with Crippen LogP contribution in [0, 0.1) is 0 Å². The lowest BCUT2D eigenvalue weighted by atomic mass is 10.1. The molecule has 0 radical (unpaired) electrons. The van der Waals surface area contributed by atoms with E-state index in [1.165, 1.54) is 18.9 Å². The topological polar surface area (TPSA) is 43.4 Å². The molecule has 3 nitrogen and oxygen atoms in total. The number of hydrogen-bond donors (Lipinski definition) is 0. The van der Waals surface area contributed by atoms with Crippen molar-refractivity contribution in [3.8, 4) is 0 Å². The Kier molecular flexibility index (Phi) is 6.15. The summed E-state index contributed by atoms with van der Waals surface area (Å²) >= 11 is 2.91. The van der Waals surface area contributed by atoms with Gasteiger partial charge in [0.05, 0.1) is 18.6 Å². The number of carbonyl (C=O) groups is 2. The third-order valence-corrected chi connectivity index (χ3v) is 3.74. The van der Waals surface area contributed by atoms with Gasteiger partial charge in [0.25, 0.3) is 0 Å². The summed E-state index contributed by atoms with van der Waals surface area (Å²) in [5, 5.41) is 0. The lowest BCUT2D eigenvalue weighted by Gasteiger charge is -2.02. The molecule has 0 bridgehead atoms. The predicted molar refractivity (Wildman–Crippen MR) is 71.9 cm³/mol. The first-order valence-electron chi connectivity index (χ1n) is 4.99. The average Bonchev–Trinajstić information content (AvgIpc) is 2.38. The normalized spacial score (nSPS) is 10.0. The second-order valence-corrected chi connectivity index (χ2v) is 5.09. The molecule has 0 aliphatic carbocycles. The van der Waals surface area contributed by atoms with Crippen LogP contribution >= 0.6 is 23.5 Å². The van der Waals surface area contributed by atoms with Gasteiger partial charge < -0.3 is 4.74 Å². The van der Waals surface area contributed by atoms with Crippen molar-refractivity contribution < 1.29 is 14.3 Å². The molecule has 0 heterocycles. The summed E-state index contributed by atoms with van der Waals surface area (Å²) in [5.74, 6) is 0.242. The smallest absolute Gasteiger partial charge is 0.315 e. The molecule has 0 unspecified atom stereocenters. The molecule has 0 amide bonds. The zero-order valence-electron chi connectivity index (χ0n) is 9.76. The molecule has 0 fully saturated rings. The van der Waals surface area contributed by atoms with Gasteiger partial charge in [0.1, 0.15) is 0 Å². The van der Waals surface area contributed by atoms with Gasteiger partial charge in [-0.25, -0.2) is 0 Å². The maximum Gasteiger partial charge on any atom is 0.315 e. The molecule has 0 N–H and O–H groups in total. The molecule has 0 aliphatic heterocycles. The van der Waals surface area contributed by atoms with Crippen molar-refractivity contribution in [1.82, 2.24) is 0 Å². The number of benzene rings is 1. The van der Waals surface area contributed by atoms with Crippen LogP contribution in [0.5, 0.6) is 0 Å². The minimum absolute atomic E-state index is 0.0338. The number of Topliss-reactive ketones (excluding diaryl/α,β-unsaturated/α-hetero) is 1. The number of esters is 1. The Morgan fingerprint density at radius 2 is 1.82 bits per heavy atom. The average molecular weight is 270 g/mol. The number of rotatable bonds is 6. The van der Waals surface area contributed by atoms with E-state index < -0.39 is 0 Å². The van der Waals surface area contributed by atoms with Crippen LogP contribution in [0.1, 0.15) is 10.4 Å². The monoisotopic (exact) mass is 270 g/mol. The van der Waals surface area contributed by atoms with Gasteiger partial charge in [0, 0.05) is 10.5 Å². The Hall–Kier alpha value is -0.940. The second-order valence-electron chi connectivity index (χ2n) is 3.22. The van der Waals surface area contributed by atoms with E-state index in [0.717, 1.165) is 4.90 Å². The van der Waals surface area contributed by atoms with E-state index in [9.17, 15) is 9.59 Å². The van der Waals surface area contributed by atoms with Crippen molar-refractivity contribution >= 4 is 35.3 Å². The Morgan fingerprint density at radius 1 is 1.18 bits per heavy atom. The van der Waals surface area contributed by atoms with E-state index in [-0.39, 0.29) is 17.5 Å². The lowest BCUT2D eigenvalue weighted by molar-refractivity contribution is -0.137. The number of ketones is 1. The summed E-state index contributed by atoms with van der Waals surface area (Å²) in [4.78, 5) is 23.7. The Morgan fingerprint density at radius 3 is 2.35 bits per heavy atom. The molecule has 1 rings (SSSR count). The highest BCUT2D eigenvalue weighted by Gasteiger charge is 2.07. The van der Waals surface area contributed by atoms with Crippen molar-refractivity contribution in [2.45, 2.75) is 4.90 Å². The highest BCUT2D eigenvalue weighted by molar-refractivity contribution is 8.00. The van der Waals surface area contributed by atoms with Gasteiger partial charge in [0.15, 0.2) is 5.78 Å². The van der Waals surface area contributed by atoms with E-state index in [1.807, 2.05) is 30.5 Å². The standard InChI is InChI=1S/C12H14O3S2/c1-15-12(14)8-17-7-11(13)9-3-5-10(16-2)6-4-9/h3-6H,7-8H2,1-2H3. The Balaban J connectivity index is 2.44. The van der Waals surface area contributed by atoms with Gasteiger partial charge in [-0.1, -0.05) is 12.1 Å².